The largest absolute Gasteiger partial charge is 0.456 e. The highest BCUT2D eigenvalue weighted by atomic mass is 16.3. The van der Waals surface area contributed by atoms with Gasteiger partial charge in [0.15, 0.2) is 0 Å². The molecule has 0 bridgehead atoms. The maximum absolute atomic E-state index is 6.36. The van der Waals surface area contributed by atoms with Crippen LogP contribution in [0.2, 0.25) is 0 Å². The second kappa shape index (κ2) is 11.0. The standard InChI is InChI=1S/C50H32O/c1-2-13-33-29-35(22-21-31(33)11-1)48-40-17-7-9-19-42(40)49(43-20-10-8-18-41(43)48)44-26-25-36(38-15-5-6-16-39(38)44)34-24-27-46-45(30-34)50-37-14-4-3-12-32(37)23-28-47(50)51-46/h1-20,22-31H,21H2. The molecule has 8 aromatic carbocycles. The highest BCUT2D eigenvalue weighted by Crippen LogP contribution is 2.47. The van der Waals surface area contributed by atoms with Gasteiger partial charge in [-0.15, -0.1) is 0 Å². The molecule has 0 N–H and O–H groups in total. The van der Waals surface area contributed by atoms with Crippen LogP contribution in [0.4, 0.5) is 0 Å². The normalized spacial score (nSPS) is 15.6. The summed E-state index contributed by atoms with van der Waals surface area (Å²) in [4.78, 5) is 0. The summed E-state index contributed by atoms with van der Waals surface area (Å²) >= 11 is 0. The van der Waals surface area contributed by atoms with Gasteiger partial charge in [0.05, 0.1) is 0 Å². The van der Waals surface area contributed by atoms with Gasteiger partial charge in [-0.2, -0.15) is 0 Å². The SMILES string of the molecule is C1=CC2=CC(c3c4ccccc4c(-c4ccc(-c5ccc6oc7ccc8ccccc8c7c6c5)c5ccccc45)c4ccccc34)=CCC2C=C1. The molecule has 11 rings (SSSR count). The minimum Gasteiger partial charge on any atom is -0.456 e. The molecular weight excluding hydrogens is 617 g/mol. The predicted octanol–water partition coefficient (Wildman–Crippen LogP) is 14.0. The van der Waals surface area contributed by atoms with Gasteiger partial charge in [-0.05, 0) is 107 Å². The molecule has 2 aliphatic carbocycles. The summed E-state index contributed by atoms with van der Waals surface area (Å²) < 4.78 is 6.36. The van der Waals surface area contributed by atoms with Crippen LogP contribution in [0, 0.1) is 5.92 Å². The Morgan fingerprint density at radius 1 is 0.490 bits per heavy atom. The van der Waals surface area contributed by atoms with Crippen LogP contribution in [0.3, 0.4) is 0 Å². The molecule has 1 unspecified atom stereocenters. The lowest BCUT2D eigenvalue weighted by Gasteiger charge is -2.24. The second-order valence-corrected chi connectivity index (χ2v) is 13.9. The van der Waals surface area contributed by atoms with E-state index in [0.29, 0.717) is 5.92 Å². The molecule has 0 aliphatic heterocycles. The number of allylic oxidation sites excluding steroid dienone is 8. The number of fused-ring (bicyclic) bond motifs is 9. The predicted molar refractivity (Wildman–Crippen MR) is 217 cm³/mol. The molecule has 1 atom stereocenters. The second-order valence-electron chi connectivity index (χ2n) is 13.9. The molecule has 0 saturated carbocycles. The molecule has 238 valence electrons. The van der Waals surface area contributed by atoms with Crippen LogP contribution in [0.25, 0.3) is 92.9 Å². The average molecular weight is 649 g/mol. The van der Waals surface area contributed by atoms with E-state index in [2.05, 4.69) is 176 Å². The van der Waals surface area contributed by atoms with E-state index in [0.717, 1.165) is 23.0 Å². The molecule has 1 aromatic heterocycles. The molecule has 1 nitrogen and oxygen atoms in total. The van der Waals surface area contributed by atoms with E-state index >= 15 is 0 Å². The van der Waals surface area contributed by atoms with Crippen molar-refractivity contribution < 1.29 is 4.42 Å². The van der Waals surface area contributed by atoms with Crippen LogP contribution in [0.5, 0.6) is 0 Å². The fourth-order valence-corrected chi connectivity index (χ4v) is 8.85. The van der Waals surface area contributed by atoms with Crippen molar-refractivity contribution in [2.24, 2.45) is 5.92 Å². The van der Waals surface area contributed by atoms with Crippen LogP contribution in [-0.4, -0.2) is 0 Å². The van der Waals surface area contributed by atoms with Gasteiger partial charge in [-0.1, -0.05) is 158 Å². The summed E-state index contributed by atoms with van der Waals surface area (Å²) in [6, 6.07) is 51.1. The Balaban J connectivity index is 1.15. The molecule has 1 heteroatoms. The number of hydrogen-bond acceptors (Lipinski definition) is 1. The van der Waals surface area contributed by atoms with Gasteiger partial charge in [0, 0.05) is 16.7 Å². The third-order valence-electron chi connectivity index (χ3n) is 11.2. The van der Waals surface area contributed by atoms with Crippen LogP contribution in [-0.2, 0) is 0 Å². The molecular formula is C50H32O. The molecule has 0 saturated heterocycles. The van der Waals surface area contributed by atoms with Crippen molar-refractivity contribution >= 4 is 70.6 Å². The summed E-state index contributed by atoms with van der Waals surface area (Å²) in [6.45, 7) is 0. The zero-order chi connectivity index (χ0) is 33.5. The van der Waals surface area contributed by atoms with Gasteiger partial charge in [0.1, 0.15) is 11.2 Å². The Labute approximate surface area is 295 Å². The number of rotatable bonds is 3. The highest BCUT2D eigenvalue weighted by Gasteiger charge is 2.22. The lowest BCUT2D eigenvalue weighted by atomic mass is 9.80. The summed E-state index contributed by atoms with van der Waals surface area (Å²) in [5.41, 5.74) is 10.8. The van der Waals surface area contributed by atoms with E-state index < -0.39 is 0 Å². The molecule has 1 heterocycles. The van der Waals surface area contributed by atoms with Crippen LogP contribution in [0.15, 0.2) is 186 Å². The van der Waals surface area contributed by atoms with Crippen molar-refractivity contribution in [2.45, 2.75) is 6.42 Å². The Hall–Kier alpha value is -6.44. The topological polar surface area (TPSA) is 13.1 Å². The number of hydrogen-bond donors (Lipinski definition) is 0. The van der Waals surface area contributed by atoms with E-state index in [1.807, 2.05) is 0 Å². The van der Waals surface area contributed by atoms with Gasteiger partial charge >= 0.3 is 0 Å². The maximum Gasteiger partial charge on any atom is 0.136 e. The monoisotopic (exact) mass is 648 g/mol. The molecule has 2 aliphatic rings. The molecule has 0 amide bonds. The minimum absolute atomic E-state index is 0.465. The summed E-state index contributed by atoms with van der Waals surface area (Å²) in [5.74, 6) is 0.465. The Morgan fingerprint density at radius 3 is 1.88 bits per heavy atom. The van der Waals surface area contributed by atoms with Crippen molar-refractivity contribution in [1.29, 1.82) is 0 Å². The third kappa shape index (κ3) is 4.28. The Kier molecular flexibility index (Phi) is 6.15. The van der Waals surface area contributed by atoms with Crippen molar-refractivity contribution in [1.82, 2.24) is 0 Å². The van der Waals surface area contributed by atoms with Gasteiger partial charge < -0.3 is 4.42 Å². The van der Waals surface area contributed by atoms with Crippen molar-refractivity contribution in [3.63, 3.8) is 0 Å². The maximum atomic E-state index is 6.36. The molecule has 0 fully saturated rings. The molecule has 51 heavy (non-hydrogen) atoms. The summed E-state index contributed by atoms with van der Waals surface area (Å²) in [6.07, 6.45) is 14.8. The third-order valence-corrected chi connectivity index (χ3v) is 11.2. The molecule has 9 aromatic rings. The Bertz CT molecular complexity index is 2990. The van der Waals surface area contributed by atoms with E-state index in [1.54, 1.807) is 0 Å². The van der Waals surface area contributed by atoms with Crippen LogP contribution < -0.4 is 0 Å². The fraction of sp³-hybridized carbons (Fsp3) is 0.0400. The van der Waals surface area contributed by atoms with Gasteiger partial charge in [0.2, 0.25) is 0 Å². The first-order valence-corrected chi connectivity index (χ1v) is 17.9. The van der Waals surface area contributed by atoms with Crippen molar-refractivity contribution in [3.05, 3.63) is 187 Å². The fourth-order valence-electron chi connectivity index (χ4n) is 8.85. The van der Waals surface area contributed by atoms with Gasteiger partial charge in [-0.25, -0.2) is 0 Å². The molecule has 0 radical (unpaired) electrons. The van der Waals surface area contributed by atoms with Crippen molar-refractivity contribution in [2.75, 3.05) is 0 Å². The minimum atomic E-state index is 0.465. The first kappa shape index (κ1) is 28.4. The average Bonchev–Trinajstić information content (AvgIpc) is 3.58. The van der Waals surface area contributed by atoms with Gasteiger partial charge in [0.25, 0.3) is 0 Å². The zero-order valence-electron chi connectivity index (χ0n) is 27.9. The van der Waals surface area contributed by atoms with Crippen molar-refractivity contribution in [3.8, 4) is 22.3 Å². The number of benzene rings is 8. The van der Waals surface area contributed by atoms with E-state index in [4.69, 9.17) is 4.42 Å². The van der Waals surface area contributed by atoms with Crippen LogP contribution in [0.1, 0.15) is 12.0 Å². The molecule has 0 spiro atoms. The number of furan rings is 1. The van der Waals surface area contributed by atoms with Crippen LogP contribution >= 0.6 is 0 Å². The van der Waals surface area contributed by atoms with Gasteiger partial charge in [-0.3, -0.25) is 0 Å². The summed E-state index contributed by atoms with van der Waals surface area (Å²) in [7, 11) is 0. The lowest BCUT2D eigenvalue weighted by molar-refractivity contribution is 0.669. The first-order chi connectivity index (χ1) is 25.3. The first-order valence-electron chi connectivity index (χ1n) is 17.9. The van der Waals surface area contributed by atoms with E-state index in [1.165, 1.54) is 87.4 Å². The summed E-state index contributed by atoms with van der Waals surface area (Å²) in [5, 5.41) is 12.4. The Morgan fingerprint density at radius 2 is 1.12 bits per heavy atom. The highest BCUT2D eigenvalue weighted by molar-refractivity contribution is 6.23. The lowest BCUT2D eigenvalue weighted by Crippen LogP contribution is -2.06. The zero-order valence-corrected chi connectivity index (χ0v) is 27.9. The van der Waals surface area contributed by atoms with E-state index in [-0.39, 0.29) is 0 Å². The smallest absolute Gasteiger partial charge is 0.136 e. The van der Waals surface area contributed by atoms with E-state index in [9.17, 15) is 0 Å². The quantitative estimate of drug-likeness (QED) is 0.174.